The van der Waals surface area contributed by atoms with Crippen LogP contribution in [0.2, 0.25) is 5.02 Å². The number of halogens is 2. The summed E-state index contributed by atoms with van der Waals surface area (Å²) in [5, 5.41) is 3.28. The van der Waals surface area contributed by atoms with Crippen molar-refractivity contribution < 1.29 is 9.18 Å². The lowest BCUT2D eigenvalue weighted by Crippen LogP contribution is -2.35. The van der Waals surface area contributed by atoms with Crippen LogP contribution in [0.4, 0.5) is 21.5 Å². The Hall–Kier alpha value is -2.07. The largest absolute Gasteiger partial charge is 0.330 e. The monoisotopic (exact) mass is 290 g/mol. The van der Waals surface area contributed by atoms with E-state index in [0.717, 1.165) is 11.4 Å². The fraction of sp³-hybridized carbons (Fsp3) is 0.133. The van der Waals surface area contributed by atoms with Crippen molar-refractivity contribution in [1.82, 2.24) is 0 Å². The number of nitrogens with one attached hydrogen (secondary N) is 1. The van der Waals surface area contributed by atoms with Crippen molar-refractivity contribution in [2.75, 3.05) is 16.8 Å². The SMILES string of the molecule is Cc1cc2c(cc1F)NC(=O)CN2c1cccc(Cl)c1. The number of anilines is 3. The number of carbonyl (C=O) groups excluding carboxylic acids is 1. The molecular weight excluding hydrogens is 279 g/mol. The molecule has 20 heavy (non-hydrogen) atoms. The minimum atomic E-state index is -0.336. The predicted molar refractivity (Wildman–Crippen MR) is 78.2 cm³/mol. The van der Waals surface area contributed by atoms with Crippen molar-refractivity contribution in [3.63, 3.8) is 0 Å². The van der Waals surface area contributed by atoms with Crippen LogP contribution in [-0.4, -0.2) is 12.5 Å². The van der Waals surface area contributed by atoms with Crippen molar-refractivity contribution in [2.45, 2.75) is 6.92 Å². The molecule has 0 unspecified atom stereocenters. The zero-order chi connectivity index (χ0) is 14.3. The Morgan fingerprint density at radius 3 is 2.85 bits per heavy atom. The van der Waals surface area contributed by atoms with Crippen molar-refractivity contribution in [1.29, 1.82) is 0 Å². The van der Waals surface area contributed by atoms with Crippen LogP contribution >= 0.6 is 11.6 Å². The maximum Gasteiger partial charge on any atom is 0.244 e. The summed E-state index contributed by atoms with van der Waals surface area (Å²) in [5.74, 6) is -0.516. The molecule has 5 heteroatoms. The van der Waals surface area contributed by atoms with Crippen LogP contribution in [0, 0.1) is 12.7 Å². The van der Waals surface area contributed by atoms with Crippen molar-refractivity contribution in [3.8, 4) is 0 Å². The summed E-state index contributed by atoms with van der Waals surface area (Å²) in [4.78, 5) is 13.6. The van der Waals surface area contributed by atoms with Crippen LogP contribution in [0.15, 0.2) is 36.4 Å². The summed E-state index contributed by atoms with van der Waals surface area (Å²) >= 11 is 6.00. The quantitative estimate of drug-likeness (QED) is 0.864. The maximum absolute atomic E-state index is 13.6. The lowest BCUT2D eigenvalue weighted by molar-refractivity contribution is -0.115. The molecule has 0 spiro atoms. The number of nitrogens with zero attached hydrogens (tertiary/aromatic N) is 1. The van der Waals surface area contributed by atoms with E-state index in [9.17, 15) is 9.18 Å². The molecule has 2 aromatic carbocycles. The average Bonchev–Trinajstić information content (AvgIpc) is 2.40. The Bertz CT molecular complexity index is 702. The van der Waals surface area contributed by atoms with E-state index < -0.39 is 0 Å². The van der Waals surface area contributed by atoms with Gasteiger partial charge in [0.2, 0.25) is 5.91 Å². The minimum absolute atomic E-state index is 0.179. The molecule has 0 atom stereocenters. The van der Waals surface area contributed by atoms with Crippen LogP contribution in [0.3, 0.4) is 0 Å². The molecule has 2 aromatic rings. The Labute approximate surface area is 121 Å². The van der Waals surface area contributed by atoms with Gasteiger partial charge in [-0.3, -0.25) is 4.79 Å². The van der Waals surface area contributed by atoms with Gasteiger partial charge in [0.05, 0.1) is 11.4 Å². The number of hydrogen-bond acceptors (Lipinski definition) is 2. The van der Waals surface area contributed by atoms with Gasteiger partial charge in [-0.2, -0.15) is 0 Å². The number of aryl methyl sites for hydroxylation is 1. The summed E-state index contributed by atoms with van der Waals surface area (Å²) in [7, 11) is 0. The third-order valence-electron chi connectivity index (χ3n) is 3.26. The van der Waals surface area contributed by atoms with E-state index in [2.05, 4.69) is 5.32 Å². The molecule has 1 N–H and O–H groups in total. The van der Waals surface area contributed by atoms with Gasteiger partial charge in [-0.25, -0.2) is 4.39 Å². The number of carbonyl (C=O) groups is 1. The molecule has 3 rings (SSSR count). The minimum Gasteiger partial charge on any atom is -0.330 e. The van der Waals surface area contributed by atoms with E-state index in [1.807, 2.05) is 17.0 Å². The first-order valence-electron chi connectivity index (χ1n) is 6.18. The fourth-order valence-electron chi connectivity index (χ4n) is 2.28. The molecule has 0 fully saturated rings. The van der Waals surface area contributed by atoms with Gasteiger partial charge >= 0.3 is 0 Å². The Morgan fingerprint density at radius 2 is 2.10 bits per heavy atom. The molecule has 0 saturated carbocycles. The highest BCUT2D eigenvalue weighted by Gasteiger charge is 2.24. The zero-order valence-corrected chi connectivity index (χ0v) is 11.5. The molecule has 0 bridgehead atoms. The first-order chi connectivity index (χ1) is 9.54. The van der Waals surface area contributed by atoms with E-state index in [0.29, 0.717) is 16.3 Å². The molecule has 102 valence electrons. The number of amides is 1. The van der Waals surface area contributed by atoms with Gasteiger partial charge in [0.25, 0.3) is 0 Å². The lowest BCUT2D eigenvalue weighted by atomic mass is 10.1. The molecular formula is C15H12ClFN2O. The number of rotatable bonds is 1. The lowest BCUT2D eigenvalue weighted by Gasteiger charge is -2.31. The van der Waals surface area contributed by atoms with Gasteiger partial charge in [0, 0.05) is 10.7 Å². The molecule has 3 nitrogen and oxygen atoms in total. The average molecular weight is 291 g/mol. The van der Waals surface area contributed by atoms with Crippen LogP contribution in [0.5, 0.6) is 0 Å². The third kappa shape index (κ3) is 2.23. The van der Waals surface area contributed by atoms with Crippen molar-refractivity contribution in [3.05, 3.63) is 52.8 Å². The third-order valence-corrected chi connectivity index (χ3v) is 3.50. The fourth-order valence-corrected chi connectivity index (χ4v) is 2.47. The first kappa shape index (κ1) is 12.9. The first-order valence-corrected chi connectivity index (χ1v) is 6.55. The Morgan fingerprint density at radius 1 is 1.30 bits per heavy atom. The normalized spacial score (nSPS) is 13.9. The Kier molecular flexibility index (Phi) is 3.10. The van der Waals surface area contributed by atoms with Gasteiger partial charge in [0.1, 0.15) is 12.4 Å². The summed E-state index contributed by atoms with van der Waals surface area (Å²) < 4.78 is 13.6. The molecule has 1 aliphatic rings. The number of fused-ring (bicyclic) bond motifs is 1. The standard InChI is InChI=1S/C15H12ClFN2O/c1-9-5-14-13(7-12(9)17)18-15(20)8-19(14)11-4-2-3-10(16)6-11/h2-7H,8H2,1H3,(H,18,20). The van der Waals surface area contributed by atoms with Gasteiger partial charge in [-0.1, -0.05) is 17.7 Å². The van der Waals surface area contributed by atoms with Crippen LogP contribution < -0.4 is 10.2 Å². The molecule has 0 aromatic heterocycles. The molecule has 1 heterocycles. The van der Waals surface area contributed by atoms with Crippen LogP contribution in [-0.2, 0) is 4.79 Å². The van der Waals surface area contributed by atoms with E-state index >= 15 is 0 Å². The summed E-state index contributed by atoms with van der Waals surface area (Å²) in [5.41, 5.74) is 2.58. The van der Waals surface area contributed by atoms with Crippen LogP contribution in [0.1, 0.15) is 5.56 Å². The van der Waals surface area contributed by atoms with Crippen molar-refractivity contribution >= 4 is 34.6 Å². The molecule has 0 aliphatic carbocycles. The van der Waals surface area contributed by atoms with Crippen molar-refractivity contribution in [2.24, 2.45) is 0 Å². The highest BCUT2D eigenvalue weighted by Crippen LogP contribution is 2.37. The van der Waals surface area contributed by atoms with Gasteiger partial charge in [-0.15, -0.1) is 0 Å². The number of benzene rings is 2. The maximum atomic E-state index is 13.6. The van der Waals surface area contributed by atoms with E-state index in [1.165, 1.54) is 6.07 Å². The topological polar surface area (TPSA) is 32.3 Å². The Balaban J connectivity index is 2.14. The zero-order valence-electron chi connectivity index (χ0n) is 10.8. The molecule has 0 saturated heterocycles. The molecule has 0 radical (unpaired) electrons. The van der Waals surface area contributed by atoms with E-state index in [-0.39, 0.29) is 18.3 Å². The van der Waals surface area contributed by atoms with E-state index in [1.54, 1.807) is 25.1 Å². The second-order valence-electron chi connectivity index (χ2n) is 4.73. The van der Waals surface area contributed by atoms with Gasteiger partial charge in [0.15, 0.2) is 0 Å². The van der Waals surface area contributed by atoms with E-state index in [4.69, 9.17) is 11.6 Å². The predicted octanol–water partition coefficient (Wildman–Crippen LogP) is 3.88. The summed E-state index contributed by atoms with van der Waals surface area (Å²) in [6.07, 6.45) is 0. The summed E-state index contributed by atoms with van der Waals surface area (Å²) in [6, 6.07) is 10.3. The van der Waals surface area contributed by atoms with Gasteiger partial charge < -0.3 is 10.2 Å². The second-order valence-corrected chi connectivity index (χ2v) is 5.17. The molecule has 1 amide bonds. The molecule has 1 aliphatic heterocycles. The summed E-state index contributed by atoms with van der Waals surface area (Å²) in [6.45, 7) is 1.88. The smallest absolute Gasteiger partial charge is 0.244 e. The highest BCUT2D eigenvalue weighted by molar-refractivity contribution is 6.30. The van der Waals surface area contributed by atoms with Crippen LogP contribution in [0.25, 0.3) is 0 Å². The number of hydrogen-bond donors (Lipinski definition) is 1. The highest BCUT2D eigenvalue weighted by atomic mass is 35.5. The van der Waals surface area contributed by atoms with Gasteiger partial charge in [-0.05, 0) is 42.8 Å². The second kappa shape index (κ2) is 4.80.